The largest absolute Gasteiger partial charge is 0.368 e. The van der Waals surface area contributed by atoms with E-state index < -0.39 is 0 Å². The Hall–Kier alpha value is -1.10. The van der Waals surface area contributed by atoms with Crippen LogP contribution in [0.2, 0.25) is 0 Å². The molecule has 5 heteroatoms. The zero-order valence-electron chi connectivity index (χ0n) is 11.7. The van der Waals surface area contributed by atoms with E-state index >= 15 is 0 Å². The third-order valence-electron chi connectivity index (χ3n) is 3.35. The zero-order valence-corrected chi connectivity index (χ0v) is 11.7. The van der Waals surface area contributed by atoms with Crippen molar-refractivity contribution in [1.29, 1.82) is 0 Å². The topological polar surface area (TPSA) is 84.2 Å². The fourth-order valence-corrected chi connectivity index (χ4v) is 2.46. The van der Waals surface area contributed by atoms with Crippen molar-refractivity contribution >= 4 is 11.8 Å². The first-order chi connectivity index (χ1) is 8.31. The fraction of sp³-hybridized carbons (Fsp3) is 0.846. The Morgan fingerprint density at radius 3 is 2.50 bits per heavy atom. The number of hydrogen-bond acceptors (Lipinski definition) is 3. The molecule has 0 aliphatic carbocycles. The van der Waals surface area contributed by atoms with Gasteiger partial charge in [-0.2, -0.15) is 0 Å². The minimum atomic E-state index is -0.357. The molecule has 1 fully saturated rings. The SMILES string of the molecule is CC(C)C[C@H](N[C@H]1CC(=O)N[C@H]1C(C)C)C(N)=O. The standard InChI is InChI=1S/C13H25N3O2/c1-7(2)5-10(13(14)18)15-9-6-11(17)16-12(9)8(3)4/h7-10,12,15H,5-6H2,1-4H3,(H2,14,18)(H,16,17)/t9-,10-,12-/m0/s1. The summed E-state index contributed by atoms with van der Waals surface area (Å²) in [6.07, 6.45) is 1.12. The second kappa shape index (κ2) is 6.18. The summed E-state index contributed by atoms with van der Waals surface area (Å²) < 4.78 is 0. The number of amides is 2. The van der Waals surface area contributed by atoms with Crippen LogP contribution in [0.25, 0.3) is 0 Å². The van der Waals surface area contributed by atoms with Gasteiger partial charge in [-0.1, -0.05) is 27.7 Å². The summed E-state index contributed by atoms with van der Waals surface area (Å²) >= 11 is 0. The molecule has 0 radical (unpaired) electrons. The summed E-state index contributed by atoms with van der Waals surface area (Å²) in [4.78, 5) is 22.9. The molecule has 0 bridgehead atoms. The van der Waals surface area contributed by atoms with Gasteiger partial charge in [0.05, 0.1) is 6.04 Å². The molecule has 0 aromatic carbocycles. The first-order valence-corrected chi connectivity index (χ1v) is 6.66. The van der Waals surface area contributed by atoms with Crippen LogP contribution in [0, 0.1) is 11.8 Å². The Labute approximate surface area is 109 Å². The van der Waals surface area contributed by atoms with Gasteiger partial charge >= 0.3 is 0 Å². The van der Waals surface area contributed by atoms with Crippen LogP contribution in [-0.4, -0.2) is 29.9 Å². The lowest BCUT2D eigenvalue weighted by atomic mass is 9.95. The number of nitrogens with two attached hydrogens (primary N) is 1. The molecule has 3 atom stereocenters. The number of primary amides is 1. The molecule has 1 aliphatic heterocycles. The lowest BCUT2D eigenvalue weighted by molar-refractivity contribution is -0.121. The average Bonchev–Trinajstić information content (AvgIpc) is 2.57. The molecule has 0 aromatic rings. The molecule has 0 aromatic heterocycles. The van der Waals surface area contributed by atoms with Gasteiger partial charge in [0.25, 0.3) is 0 Å². The predicted octanol–water partition coefficient (Wildman–Crippen LogP) is 0.389. The number of rotatable bonds is 6. The van der Waals surface area contributed by atoms with Crippen molar-refractivity contribution in [3.05, 3.63) is 0 Å². The van der Waals surface area contributed by atoms with Gasteiger partial charge in [0.2, 0.25) is 11.8 Å². The smallest absolute Gasteiger partial charge is 0.234 e. The van der Waals surface area contributed by atoms with Gasteiger partial charge in [-0.25, -0.2) is 0 Å². The first-order valence-electron chi connectivity index (χ1n) is 6.66. The van der Waals surface area contributed by atoms with E-state index in [2.05, 4.69) is 38.3 Å². The average molecular weight is 255 g/mol. The summed E-state index contributed by atoms with van der Waals surface area (Å²) in [6, 6.07) is -0.288. The van der Waals surface area contributed by atoms with Crippen molar-refractivity contribution in [3.63, 3.8) is 0 Å². The van der Waals surface area contributed by atoms with Crippen molar-refractivity contribution in [3.8, 4) is 0 Å². The maximum absolute atomic E-state index is 11.5. The van der Waals surface area contributed by atoms with E-state index in [1.165, 1.54) is 0 Å². The summed E-state index contributed by atoms with van der Waals surface area (Å²) in [5.74, 6) is 0.420. The Kier molecular flexibility index (Phi) is 5.14. The Balaban J connectivity index is 2.67. The minimum absolute atomic E-state index is 0.00579. The fourth-order valence-electron chi connectivity index (χ4n) is 2.46. The minimum Gasteiger partial charge on any atom is -0.368 e. The lowest BCUT2D eigenvalue weighted by Gasteiger charge is -2.27. The van der Waals surface area contributed by atoms with Gasteiger partial charge in [-0.15, -0.1) is 0 Å². The van der Waals surface area contributed by atoms with E-state index in [0.29, 0.717) is 24.7 Å². The molecule has 5 nitrogen and oxygen atoms in total. The molecular formula is C13H25N3O2. The van der Waals surface area contributed by atoms with Gasteiger partial charge < -0.3 is 16.4 Å². The maximum atomic E-state index is 11.5. The van der Waals surface area contributed by atoms with Crippen molar-refractivity contribution < 1.29 is 9.59 Å². The number of nitrogens with one attached hydrogen (secondary N) is 2. The summed E-state index contributed by atoms with van der Waals surface area (Å²) in [6.45, 7) is 8.23. The Morgan fingerprint density at radius 2 is 2.06 bits per heavy atom. The normalized spacial score (nSPS) is 25.6. The highest BCUT2D eigenvalue weighted by atomic mass is 16.2. The summed E-state index contributed by atoms with van der Waals surface area (Å²) in [5, 5.41) is 6.20. The van der Waals surface area contributed by atoms with Gasteiger partial charge in [0.1, 0.15) is 0 Å². The summed E-state index contributed by atoms with van der Waals surface area (Å²) in [5.41, 5.74) is 5.41. The molecule has 18 heavy (non-hydrogen) atoms. The molecule has 1 saturated heterocycles. The Morgan fingerprint density at radius 1 is 1.44 bits per heavy atom. The second-order valence-corrected chi connectivity index (χ2v) is 5.90. The quantitative estimate of drug-likeness (QED) is 0.642. The van der Waals surface area contributed by atoms with Crippen LogP contribution in [0.3, 0.4) is 0 Å². The van der Waals surface area contributed by atoms with E-state index in [1.54, 1.807) is 0 Å². The molecule has 0 saturated carbocycles. The monoisotopic (exact) mass is 255 g/mol. The molecule has 2 amide bonds. The molecule has 0 spiro atoms. The van der Waals surface area contributed by atoms with Crippen LogP contribution in [0.15, 0.2) is 0 Å². The van der Waals surface area contributed by atoms with Crippen LogP contribution in [0.5, 0.6) is 0 Å². The molecule has 1 rings (SSSR count). The molecule has 1 aliphatic rings. The summed E-state index contributed by atoms with van der Waals surface area (Å²) in [7, 11) is 0. The second-order valence-electron chi connectivity index (χ2n) is 5.90. The van der Waals surface area contributed by atoms with Gasteiger partial charge in [0, 0.05) is 18.5 Å². The van der Waals surface area contributed by atoms with Crippen molar-refractivity contribution in [2.75, 3.05) is 0 Å². The first kappa shape index (κ1) is 15.0. The van der Waals surface area contributed by atoms with Crippen LogP contribution < -0.4 is 16.4 Å². The van der Waals surface area contributed by atoms with Gasteiger partial charge in [-0.05, 0) is 18.3 Å². The van der Waals surface area contributed by atoms with Crippen LogP contribution in [-0.2, 0) is 9.59 Å². The van der Waals surface area contributed by atoms with Gasteiger partial charge in [0.15, 0.2) is 0 Å². The number of carbonyl (C=O) groups is 2. The van der Waals surface area contributed by atoms with E-state index in [4.69, 9.17) is 5.73 Å². The molecule has 4 N–H and O–H groups in total. The predicted molar refractivity (Wildman–Crippen MR) is 70.7 cm³/mol. The van der Waals surface area contributed by atoms with Crippen LogP contribution in [0.4, 0.5) is 0 Å². The van der Waals surface area contributed by atoms with Crippen LogP contribution in [0.1, 0.15) is 40.5 Å². The van der Waals surface area contributed by atoms with E-state index in [1.807, 2.05) is 0 Å². The van der Waals surface area contributed by atoms with E-state index in [-0.39, 0.29) is 29.9 Å². The molecule has 1 heterocycles. The van der Waals surface area contributed by atoms with Crippen molar-refractivity contribution in [2.24, 2.45) is 17.6 Å². The highest BCUT2D eigenvalue weighted by Gasteiger charge is 2.36. The van der Waals surface area contributed by atoms with E-state index in [0.717, 1.165) is 0 Å². The number of carbonyl (C=O) groups excluding carboxylic acids is 2. The van der Waals surface area contributed by atoms with Gasteiger partial charge in [-0.3, -0.25) is 9.59 Å². The van der Waals surface area contributed by atoms with E-state index in [9.17, 15) is 9.59 Å². The van der Waals surface area contributed by atoms with Crippen molar-refractivity contribution in [2.45, 2.75) is 58.7 Å². The Bertz CT molecular complexity index is 315. The highest BCUT2D eigenvalue weighted by molar-refractivity contribution is 5.81. The molecule has 0 unspecified atom stereocenters. The third kappa shape index (κ3) is 3.98. The zero-order chi connectivity index (χ0) is 13.9. The molecular weight excluding hydrogens is 230 g/mol. The van der Waals surface area contributed by atoms with Crippen molar-refractivity contribution in [1.82, 2.24) is 10.6 Å². The maximum Gasteiger partial charge on any atom is 0.234 e. The third-order valence-corrected chi connectivity index (χ3v) is 3.35. The van der Waals surface area contributed by atoms with Crippen LogP contribution >= 0.6 is 0 Å². The number of hydrogen-bond donors (Lipinski definition) is 3. The highest BCUT2D eigenvalue weighted by Crippen LogP contribution is 2.18. The lowest BCUT2D eigenvalue weighted by Crippen LogP contribution is -2.52. The molecule has 104 valence electrons.